The van der Waals surface area contributed by atoms with Crippen LogP contribution in [0.25, 0.3) is 0 Å². The summed E-state index contributed by atoms with van der Waals surface area (Å²) in [5.74, 6) is -1.78. The molecule has 2 aromatic rings. The van der Waals surface area contributed by atoms with Crippen molar-refractivity contribution in [3.8, 4) is 0 Å². The Labute approximate surface area is 297 Å². The summed E-state index contributed by atoms with van der Waals surface area (Å²) >= 11 is 0. The van der Waals surface area contributed by atoms with E-state index < -0.39 is 51.7 Å². The zero-order valence-corrected chi connectivity index (χ0v) is 31.5. The molecule has 4 atom stereocenters. The van der Waals surface area contributed by atoms with Gasteiger partial charge in [0.2, 0.25) is 27.7 Å². The lowest BCUT2D eigenvalue weighted by Gasteiger charge is -2.31. The van der Waals surface area contributed by atoms with E-state index in [1.807, 2.05) is 25.1 Å². The molecule has 1 aliphatic carbocycles. The first-order valence-electron chi connectivity index (χ1n) is 17.4. The molecule has 2 aromatic carbocycles. The highest BCUT2D eigenvalue weighted by atomic mass is 32.2. The molecule has 4 N–H and O–H groups in total. The Bertz CT molecular complexity index is 1590. The Morgan fingerprint density at radius 2 is 1.58 bits per heavy atom. The topological polar surface area (TPSA) is 163 Å². The van der Waals surface area contributed by atoms with Crippen molar-refractivity contribution in [2.75, 3.05) is 13.6 Å². The number of carbonyl (C=O) groups excluding carboxylic acids is 4. The summed E-state index contributed by atoms with van der Waals surface area (Å²) in [5.41, 5.74) is 2.44. The van der Waals surface area contributed by atoms with Crippen LogP contribution in [0.4, 0.5) is 4.79 Å². The molecule has 0 saturated carbocycles. The highest BCUT2D eigenvalue weighted by molar-refractivity contribution is 7.89. The molecule has 50 heavy (non-hydrogen) atoms. The van der Waals surface area contributed by atoms with Crippen LogP contribution < -0.4 is 20.7 Å². The van der Waals surface area contributed by atoms with Crippen molar-refractivity contribution in [2.45, 2.75) is 122 Å². The smallest absolute Gasteiger partial charge is 0.410 e. The number of unbranched alkanes of at least 4 members (excludes halogenated alkanes) is 1. The maximum Gasteiger partial charge on any atom is 0.410 e. The normalized spacial score (nSPS) is 16.4. The lowest BCUT2D eigenvalue weighted by atomic mass is 9.87. The summed E-state index contributed by atoms with van der Waals surface area (Å²) in [5, 5.41) is 8.76. The van der Waals surface area contributed by atoms with Crippen molar-refractivity contribution in [2.24, 2.45) is 5.92 Å². The third kappa shape index (κ3) is 11.8. The second-order valence-electron chi connectivity index (χ2n) is 14.4. The lowest BCUT2D eigenvalue weighted by Crippen LogP contribution is -2.58. The monoisotopic (exact) mass is 713 g/mol. The zero-order valence-electron chi connectivity index (χ0n) is 30.7. The highest BCUT2D eigenvalue weighted by Gasteiger charge is 2.33. The second-order valence-corrected chi connectivity index (χ2v) is 16.2. The number of sulfonamides is 1. The molecule has 0 spiro atoms. The van der Waals surface area contributed by atoms with Gasteiger partial charge in [0.05, 0.1) is 10.9 Å². The van der Waals surface area contributed by atoms with Gasteiger partial charge in [-0.05, 0) is 102 Å². The van der Waals surface area contributed by atoms with Crippen LogP contribution in [0.3, 0.4) is 0 Å². The quantitative estimate of drug-likeness (QED) is 0.197. The summed E-state index contributed by atoms with van der Waals surface area (Å²) in [7, 11) is -2.24. The summed E-state index contributed by atoms with van der Waals surface area (Å²) in [4.78, 5) is 54.7. The molecule has 4 unspecified atom stereocenters. The zero-order chi connectivity index (χ0) is 37.2. The maximum absolute atomic E-state index is 13.8. The Balaban J connectivity index is 1.70. The molecule has 3 rings (SSSR count). The molecule has 4 amide bonds. The first-order valence-corrected chi connectivity index (χ1v) is 18.9. The summed E-state index contributed by atoms with van der Waals surface area (Å²) < 4.78 is 33.5. The summed E-state index contributed by atoms with van der Waals surface area (Å²) in [6, 6.07) is 11.5. The average Bonchev–Trinajstić information content (AvgIpc) is 3.04. The van der Waals surface area contributed by atoms with Gasteiger partial charge in [-0.2, -0.15) is 0 Å². The van der Waals surface area contributed by atoms with Crippen LogP contribution in [0.15, 0.2) is 53.4 Å². The molecular weight excluding hydrogens is 659 g/mol. The number of rotatable bonds is 15. The van der Waals surface area contributed by atoms with E-state index in [0.717, 1.165) is 30.4 Å². The molecular formula is C37H55N5O7S. The molecule has 276 valence electrons. The van der Waals surface area contributed by atoms with Gasteiger partial charge in [-0.25, -0.2) is 17.9 Å². The van der Waals surface area contributed by atoms with Crippen molar-refractivity contribution in [1.29, 1.82) is 0 Å². The van der Waals surface area contributed by atoms with Crippen LogP contribution in [0.5, 0.6) is 0 Å². The third-order valence-electron chi connectivity index (χ3n) is 8.75. The van der Waals surface area contributed by atoms with E-state index in [9.17, 15) is 27.6 Å². The van der Waals surface area contributed by atoms with Crippen LogP contribution >= 0.6 is 0 Å². The van der Waals surface area contributed by atoms with Gasteiger partial charge >= 0.3 is 6.09 Å². The SMILES string of the molecule is Cc1ccc(S(=O)(=O)NCCCCC(NC(=O)C(NC(=O)C(C)N(C)C(=O)OC(C)(C)C)C(C)C)C(=O)NC2CCCc3ccccc32)cc1. The molecule has 13 heteroatoms. The van der Waals surface area contributed by atoms with Crippen LogP contribution in [0.1, 0.15) is 96.4 Å². The molecule has 0 fully saturated rings. The minimum atomic E-state index is -3.69. The Hall–Kier alpha value is -3.97. The Morgan fingerprint density at radius 3 is 2.22 bits per heavy atom. The minimum Gasteiger partial charge on any atom is -0.444 e. The largest absolute Gasteiger partial charge is 0.444 e. The predicted octanol–water partition coefficient (Wildman–Crippen LogP) is 4.52. The molecule has 1 aliphatic rings. The number of carbonyl (C=O) groups is 4. The molecule has 0 heterocycles. The number of nitrogens with one attached hydrogen (secondary N) is 4. The fourth-order valence-electron chi connectivity index (χ4n) is 5.66. The molecule has 12 nitrogen and oxygen atoms in total. The molecule has 0 aliphatic heterocycles. The van der Waals surface area contributed by atoms with Crippen molar-refractivity contribution < 1.29 is 32.3 Å². The number of benzene rings is 2. The van der Waals surface area contributed by atoms with Crippen molar-refractivity contribution in [1.82, 2.24) is 25.6 Å². The van der Waals surface area contributed by atoms with E-state index in [0.29, 0.717) is 12.8 Å². The van der Waals surface area contributed by atoms with Gasteiger partial charge < -0.3 is 20.7 Å². The average molecular weight is 714 g/mol. The van der Waals surface area contributed by atoms with Crippen LogP contribution in [-0.2, 0) is 35.6 Å². The number of likely N-dealkylation sites (N-methyl/N-ethyl adjacent to an activating group) is 1. The Kier molecular flexibility index (Phi) is 14.4. The minimum absolute atomic E-state index is 0.155. The maximum atomic E-state index is 13.8. The van der Waals surface area contributed by atoms with E-state index in [2.05, 4.69) is 26.7 Å². The first-order chi connectivity index (χ1) is 23.4. The molecule has 0 radical (unpaired) electrons. The number of ether oxygens (including phenoxy) is 1. The van der Waals surface area contributed by atoms with Crippen molar-refractivity contribution >= 4 is 33.8 Å². The van der Waals surface area contributed by atoms with Gasteiger partial charge in [0.25, 0.3) is 0 Å². The summed E-state index contributed by atoms with van der Waals surface area (Å²) in [6.07, 6.45) is 3.04. The van der Waals surface area contributed by atoms with Crippen molar-refractivity contribution in [3.63, 3.8) is 0 Å². The van der Waals surface area contributed by atoms with E-state index in [1.54, 1.807) is 65.8 Å². The van der Waals surface area contributed by atoms with Gasteiger partial charge in [0, 0.05) is 13.6 Å². The van der Waals surface area contributed by atoms with Crippen LogP contribution in [-0.4, -0.2) is 74.5 Å². The number of aryl methyl sites for hydroxylation is 2. The third-order valence-corrected chi connectivity index (χ3v) is 10.2. The van der Waals surface area contributed by atoms with Gasteiger partial charge in [-0.15, -0.1) is 0 Å². The van der Waals surface area contributed by atoms with Crippen LogP contribution in [0.2, 0.25) is 0 Å². The number of amides is 4. The van der Waals surface area contributed by atoms with Gasteiger partial charge in [0.15, 0.2) is 0 Å². The lowest BCUT2D eigenvalue weighted by molar-refractivity contribution is -0.134. The highest BCUT2D eigenvalue weighted by Crippen LogP contribution is 2.29. The number of hydrogen-bond acceptors (Lipinski definition) is 7. The molecule has 0 saturated heterocycles. The fraction of sp³-hybridized carbons (Fsp3) is 0.568. The van der Waals surface area contributed by atoms with Crippen molar-refractivity contribution in [3.05, 3.63) is 65.2 Å². The van der Waals surface area contributed by atoms with Gasteiger partial charge in [-0.1, -0.05) is 55.8 Å². The number of hydrogen-bond donors (Lipinski definition) is 4. The second kappa shape index (κ2) is 17.8. The molecule has 0 aromatic heterocycles. The fourth-order valence-corrected chi connectivity index (χ4v) is 6.74. The van der Waals surface area contributed by atoms with E-state index in [4.69, 9.17) is 4.74 Å². The number of fused-ring (bicyclic) bond motifs is 1. The van der Waals surface area contributed by atoms with E-state index in [-0.39, 0.29) is 35.7 Å². The standard InChI is InChI=1S/C37H55N5O7S/c1-24(2)32(41-33(43)26(4)42(8)36(46)49-37(5,6)7)35(45)40-31(34(44)39-30-18-13-15-27-14-9-10-16-29(27)30)17-11-12-23-38-50(47,48)28-21-19-25(3)20-22-28/h9-10,14,16,19-22,24,26,30-32,38H,11-13,15,17-18,23H2,1-8H3,(H,39,44)(H,40,45)(H,41,43). The van der Waals surface area contributed by atoms with Gasteiger partial charge in [-0.3, -0.25) is 19.3 Å². The molecule has 0 bridgehead atoms. The van der Waals surface area contributed by atoms with E-state index in [1.165, 1.54) is 17.5 Å². The Morgan fingerprint density at radius 1 is 0.920 bits per heavy atom. The first kappa shape index (κ1) is 40.5. The summed E-state index contributed by atoms with van der Waals surface area (Å²) in [6.45, 7) is 12.3. The predicted molar refractivity (Wildman–Crippen MR) is 193 cm³/mol. The van der Waals surface area contributed by atoms with E-state index >= 15 is 0 Å². The number of nitrogens with zero attached hydrogens (tertiary/aromatic N) is 1. The van der Waals surface area contributed by atoms with Gasteiger partial charge in [0.1, 0.15) is 23.7 Å². The van der Waals surface area contributed by atoms with Crippen LogP contribution in [0, 0.1) is 12.8 Å².